The van der Waals surface area contributed by atoms with Crippen LogP contribution in [-0.4, -0.2) is 36.5 Å². The van der Waals surface area contributed by atoms with E-state index in [0.717, 1.165) is 38.4 Å². The van der Waals surface area contributed by atoms with Gasteiger partial charge in [0, 0.05) is 25.7 Å². The molecule has 18 heavy (non-hydrogen) atoms. The fourth-order valence-electron chi connectivity index (χ4n) is 3.26. The predicted octanol–water partition coefficient (Wildman–Crippen LogP) is 2.41. The Labute approximate surface area is 111 Å². The highest BCUT2D eigenvalue weighted by atomic mass is 16.2. The molecule has 0 spiro atoms. The summed E-state index contributed by atoms with van der Waals surface area (Å²) in [6, 6.07) is 0.586. The van der Waals surface area contributed by atoms with Gasteiger partial charge in [-0.3, -0.25) is 4.79 Å². The van der Waals surface area contributed by atoms with E-state index in [2.05, 4.69) is 24.1 Å². The van der Waals surface area contributed by atoms with E-state index in [4.69, 9.17) is 0 Å². The van der Waals surface area contributed by atoms with E-state index < -0.39 is 0 Å². The van der Waals surface area contributed by atoms with Crippen LogP contribution in [0.15, 0.2) is 0 Å². The van der Waals surface area contributed by atoms with Gasteiger partial charge < -0.3 is 10.2 Å². The van der Waals surface area contributed by atoms with Crippen LogP contribution in [0.25, 0.3) is 0 Å². The minimum atomic E-state index is 0.236. The molecule has 0 aromatic carbocycles. The number of nitrogens with one attached hydrogen (secondary N) is 1. The Bertz CT molecular complexity index is 272. The molecular formula is C15H28N2O. The number of piperidine rings is 1. The fraction of sp³-hybridized carbons (Fsp3) is 0.933. The zero-order chi connectivity index (χ0) is 13.0. The van der Waals surface area contributed by atoms with Crippen LogP contribution in [0.4, 0.5) is 0 Å². The van der Waals surface area contributed by atoms with Crippen molar-refractivity contribution < 1.29 is 4.79 Å². The van der Waals surface area contributed by atoms with Gasteiger partial charge in [0.25, 0.3) is 0 Å². The van der Waals surface area contributed by atoms with Crippen LogP contribution in [-0.2, 0) is 4.79 Å². The number of carbonyl (C=O) groups is 1. The lowest BCUT2D eigenvalue weighted by Gasteiger charge is -2.31. The van der Waals surface area contributed by atoms with Gasteiger partial charge in [0.1, 0.15) is 0 Å². The van der Waals surface area contributed by atoms with Crippen LogP contribution in [0.3, 0.4) is 0 Å². The molecule has 3 atom stereocenters. The second-order valence-electron chi connectivity index (χ2n) is 6.11. The maximum absolute atomic E-state index is 12.5. The molecular weight excluding hydrogens is 224 g/mol. The van der Waals surface area contributed by atoms with Crippen molar-refractivity contribution >= 4 is 5.91 Å². The van der Waals surface area contributed by atoms with Crippen molar-refractivity contribution in [1.29, 1.82) is 0 Å². The van der Waals surface area contributed by atoms with Gasteiger partial charge in [-0.25, -0.2) is 0 Å². The zero-order valence-corrected chi connectivity index (χ0v) is 12.0. The molecule has 0 saturated carbocycles. The topological polar surface area (TPSA) is 32.3 Å². The molecule has 0 bridgehead atoms. The first-order valence-electron chi connectivity index (χ1n) is 7.73. The van der Waals surface area contributed by atoms with Gasteiger partial charge in [0.15, 0.2) is 0 Å². The molecule has 0 aromatic rings. The summed E-state index contributed by atoms with van der Waals surface area (Å²) in [6.45, 7) is 7.34. The van der Waals surface area contributed by atoms with E-state index in [1.807, 2.05) is 0 Å². The van der Waals surface area contributed by atoms with E-state index in [0.29, 0.717) is 11.9 Å². The van der Waals surface area contributed by atoms with E-state index in [-0.39, 0.29) is 5.92 Å². The molecule has 2 heterocycles. The molecule has 1 amide bonds. The first-order chi connectivity index (χ1) is 8.70. The summed E-state index contributed by atoms with van der Waals surface area (Å²) in [5.41, 5.74) is 0. The van der Waals surface area contributed by atoms with Crippen LogP contribution >= 0.6 is 0 Å². The first kappa shape index (κ1) is 13.9. The Morgan fingerprint density at radius 2 is 2.06 bits per heavy atom. The highest BCUT2D eigenvalue weighted by Gasteiger charge is 2.28. The maximum Gasteiger partial charge on any atom is 0.226 e. The maximum atomic E-state index is 12.5. The number of amides is 1. The Morgan fingerprint density at radius 1 is 1.22 bits per heavy atom. The third-order valence-electron chi connectivity index (χ3n) is 4.75. The summed E-state index contributed by atoms with van der Waals surface area (Å²) in [5.74, 6) is 1.48. The Morgan fingerprint density at radius 3 is 2.72 bits per heavy atom. The number of nitrogens with zero attached hydrogens (tertiary/aromatic N) is 1. The molecule has 3 heteroatoms. The van der Waals surface area contributed by atoms with Crippen molar-refractivity contribution in [3.05, 3.63) is 0 Å². The molecule has 2 fully saturated rings. The molecule has 3 unspecified atom stereocenters. The van der Waals surface area contributed by atoms with Gasteiger partial charge >= 0.3 is 0 Å². The van der Waals surface area contributed by atoms with Crippen molar-refractivity contribution in [2.45, 2.75) is 58.4 Å². The SMILES string of the molecule is CCC1CCCN(C(=O)C2CCC(C)NC2)CC1. The lowest BCUT2D eigenvalue weighted by Crippen LogP contribution is -2.46. The first-order valence-corrected chi connectivity index (χ1v) is 7.73. The van der Waals surface area contributed by atoms with Crippen LogP contribution in [0.5, 0.6) is 0 Å². The highest BCUT2D eigenvalue weighted by Crippen LogP contribution is 2.23. The Hall–Kier alpha value is -0.570. The van der Waals surface area contributed by atoms with E-state index in [1.54, 1.807) is 0 Å². The van der Waals surface area contributed by atoms with E-state index in [9.17, 15) is 4.79 Å². The summed E-state index contributed by atoms with van der Waals surface area (Å²) >= 11 is 0. The molecule has 1 N–H and O–H groups in total. The second kappa shape index (κ2) is 6.55. The zero-order valence-electron chi connectivity index (χ0n) is 12.0. The monoisotopic (exact) mass is 252 g/mol. The van der Waals surface area contributed by atoms with Gasteiger partial charge in [0.05, 0.1) is 5.92 Å². The molecule has 0 aliphatic carbocycles. The minimum Gasteiger partial charge on any atom is -0.342 e. The van der Waals surface area contributed by atoms with Crippen molar-refractivity contribution in [3.8, 4) is 0 Å². The normalized spacial score (nSPS) is 34.1. The summed E-state index contributed by atoms with van der Waals surface area (Å²) in [6.07, 6.45) is 7.19. The van der Waals surface area contributed by atoms with Gasteiger partial charge in [-0.05, 0) is 44.9 Å². The second-order valence-corrected chi connectivity index (χ2v) is 6.11. The van der Waals surface area contributed by atoms with Crippen LogP contribution in [0.2, 0.25) is 0 Å². The number of likely N-dealkylation sites (tertiary alicyclic amines) is 1. The van der Waals surface area contributed by atoms with Crippen molar-refractivity contribution in [2.24, 2.45) is 11.8 Å². The number of hydrogen-bond donors (Lipinski definition) is 1. The van der Waals surface area contributed by atoms with Crippen LogP contribution in [0.1, 0.15) is 52.4 Å². The molecule has 2 rings (SSSR count). The molecule has 2 aliphatic heterocycles. The molecule has 2 saturated heterocycles. The number of rotatable bonds is 2. The van der Waals surface area contributed by atoms with Gasteiger partial charge in [0.2, 0.25) is 5.91 Å². The highest BCUT2D eigenvalue weighted by molar-refractivity contribution is 5.79. The molecule has 3 nitrogen and oxygen atoms in total. The van der Waals surface area contributed by atoms with Crippen LogP contribution in [0, 0.1) is 11.8 Å². The summed E-state index contributed by atoms with van der Waals surface area (Å²) < 4.78 is 0. The largest absolute Gasteiger partial charge is 0.342 e. The van der Waals surface area contributed by atoms with Crippen molar-refractivity contribution in [3.63, 3.8) is 0 Å². The molecule has 0 radical (unpaired) electrons. The van der Waals surface area contributed by atoms with Crippen molar-refractivity contribution in [2.75, 3.05) is 19.6 Å². The van der Waals surface area contributed by atoms with E-state index in [1.165, 1.54) is 25.7 Å². The Balaban J connectivity index is 1.85. The summed E-state index contributed by atoms with van der Waals surface area (Å²) in [4.78, 5) is 14.6. The smallest absolute Gasteiger partial charge is 0.226 e. The van der Waals surface area contributed by atoms with Crippen molar-refractivity contribution in [1.82, 2.24) is 10.2 Å². The quantitative estimate of drug-likeness (QED) is 0.818. The molecule has 0 aromatic heterocycles. The average Bonchev–Trinajstić information content (AvgIpc) is 2.64. The minimum absolute atomic E-state index is 0.236. The van der Waals surface area contributed by atoms with E-state index >= 15 is 0 Å². The lowest BCUT2D eigenvalue weighted by molar-refractivity contribution is -0.136. The Kier molecular flexibility index (Phi) is 5.04. The van der Waals surface area contributed by atoms with Gasteiger partial charge in [-0.2, -0.15) is 0 Å². The fourth-order valence-corrected chi connectivity index (χ4v) is 3.26. The summed E-state index contributed by atoms with van der Waals surface area (Å²) in [5, 5.41) is 3.44. The third kappa shape index (κ3) is 3.47. The molecule has 2 aliphatic rings. The average molecular weight is 252 g/mol. The lowest BCUT2D eigenvalue weighted by atomic mass is 9.94. The molecule has 104 valence electrons. The third-order valence-corrected chi connectivity index (χ3v) is 4.75. The van der Waals surface area contributed by atoms with Gasteiger partial charge in [-0.15, -0.1) is 0 Å². The van der Waals surface area contributed by atoms with Gasteiger partial charge in [-0.1, -0.05) is 13.3 Å². The summed E-state index contributed by atoms with van der Waals surface area (Å²) in [7, 11) is 0. The predicted molar refractivity (Wildman–Crippen MR) is 74.4 cm³/mol. The number of hydrogen-bond acceptors (Lipinski definition) is 2. The van der Waals surface area contributed by atoms with Crippen LogP contribution < -0.4 is 5.32 Å². The standard InChI is InChI=1S/C15H28N2O/c1-3-13-5-4-9-17(10-8-13)15(18)14-7-6-12(2)16-11-14/h12-14,16H,3-11H2,1-2H3. The number of carbonyl (C=O) groups excluding carboxylic acids is 1.